The molecule has 27 heavy (non-hydrogen) atoms. The molecule has 144 valence electrons. The fourth-order valence-corrected chi connectivity index (χ4v) is 5.61. The summed E-state index contributed by atoms with van der Waals surface area (Å²) in [4.78, 5) is 14.7. The summed E-state index contributed by atoms with van der Waals surface area (Å²) in [5.41, 5.74) is 1.36. The molecule has 4 heterocycles. The van der Waals surface area contributed by atoms with Crippen molar-refractivity contribution in [1.29, 1.82) is 0 Å². The molecule has 1 amide bonds. The van der Waals surface area contributed by atoms with Gasteiger partial charge in [0.05, 0.1) is 23.2 Å². The number of rotatable bonds is 2. The molecular weight excluding hydrogens is 364 g/mol. The second-order valence-electron chi connectivity index (χ2n) is 8.41. The predicted octanol–water partition coefficient (Wildman–Crippen LogP) is 2.30. The maximum atomic E-state index is 12.7. The minimum atomic E-state index is -0.631. The number of halogens is 1. The number of carbonyl (C=O) groups is 1. The first-order chi connectivity index (χ1) is 13.0. The first-order valence-electron chi connectivity index (χ1n) is 9.85. The van der Waals surface area contributed by atoms with Crippen LogP contribution in [0.3, 0.4) is 0 Å². The Morgan fingerprint density at radius 1 is 1.33 bits per heavy atom. The fourth-order valence-electron chi connectivity index (χ4n) is 5.37. The molecule has 7 heteroatoms. The highest BCUT2D eigenvalue weighted by atomic mass is 35.5. The summed E-state index contributed by atoms with van der Waals surface area (Å²) in [6.45, 7) is 5.35. The molecule has 2 fully saturated rings. The number of amides is 1. The van der Waals surface area contributed by atoms with E-state index in [2.05, 4.69) is 17.3 Å². The van der Waals surface area contributed by atoms with Gasteiger partial charge in [-0.3, -0.25) is 9.48 Å². The van der Waals surface area contributed by atoms with E-state index in [4.69, 9.17) is 11.6 Å². The van der Waals surface area contributed by atoms with Gasteiger partial charge in [-0.25, -0.2) is 0 Å². The SMILES string of the molecule is CC1(C2CCN(C(=O)[C@@H]3CCNC3)CC2)[C@H](O)c2cc(Cl)cc3cnn1c23. The Bertz CT molecular complexity index is 899. The van der Waals surface area contributed by atoms with E-state index in [1.165, 1.54) is 0 Å². The molecule has 3 aliphatic heterocycles. The maximum absolute atomic E-state index is 12.7. The smallest absolute Gasteiger partial charge is 0.227 e. The Kier molecular flexibility index (Phi) is 4.00. The van der Waals surface area contributed by atoms with Crippen LogP contribution in [0.1, 0.15) is 37.9 Å². The van der Waals surface area contributed by atoms with Gasteiger partial charge in [-0.15, -0.1) is 0 Å². The first kappa shape index (κ1) is 17.5. The van der Waals surface area contributed by atoms with Crippen molar-refractivity contribution in [3.05, 3.63) is 28.9 Å². The molecule has 2 aromatic rings. The van der Waals surface area contributed by atoms with E-state index < -0.39 is 11.6 Å². The molecule has 3 atom stereocenters. The number of nitrogens with zero attached hydrogens (tertiary/aromatic N) is 3. The predicted molar refractivity (Wildman–Crippen MR) is 104 cm³/mol. The number of piperidine rings is 1. The number of aliphatic hydroxyl groups excluding tert-OH is 1. The van der Waals surface area contributed by atoms with Crippen LogP contribution in [0.25, 0.3) is 10.9 Å². The van der Waals surface area contributed by atoms with Gasteiger partial charge >= 0.3 is 0 Å². The van der Waals surface area contributed by atoms with Crippen molar-refractivity contribution in [2.45, 2.75) is 37.8 Å². The molecule has 0 bridgehead atoms. The highest BCUT2D eigenvalue weighted by Gasteiger charge is 2.50. The van der Waals surface area contributed by atoms with Crippen molar-refractivity contribution in [1.82, 2.24) is 20.0 Å². The van der Waals surface area contributed by atoms with Crippen LogP contribution in [-0.2, 0) is 10.3 Å². The number of hydrogen-bond donors (Lipinski definition) is 2. The van der Waals surface area contributed by atoms with Crippen LogP contribution in [-0.4, -0.2) is 51.9 Å². The van der Waals surface area contributed by atoms with E-state index in [0.717, 1.165) is 61.9 Å². The van der Waals surface area contributed by atoms with Gasteiger partial charge in [0.2, 0.25) is 5.91 Å². The van der Waals surface area contributed by atoms with E-state index in [0.29, 0.717) is 5.02 Å². The molecule has 2 saturated heterocycles. The van der Waals surface area contributed by atoms with Crippen molar-refractivity contribution in [3.63, 3.8) is 0 Å². The summed E-state index contributed by atoms with van der Waals surface area (Å²) in [7, 11) is 0. The summed E-state index contributed by atoms with van der Waals surface area (Å²) in [6, 6.07) is 3.77. The van der Waals surface area contributed by atoms with E-state index in [9.17, 15) is 9.90 Å². The molecule has 0 radical (unpaired) electrons. The van der Waals surface area contributed by atoms with E-state index in [1.807, 2.05) is 27.9 Å². The average Bonchev–Trinajstić information content (AvgIpc) is 3.39. The summed E-state index contributed by atoms with van der Waals surface area (Å²) in [6.07, 6.45) is 3.90. The topological polar surface area (TPSA) is 70.4 Å². The zero-order valence-corrected chi connectivity index (χ0v) is 16.2. The van der Waals surface area contributed by atoms with Crippen molar-refractivity contribution >= 4 is 28.4 Å². The Balaban J connectivity index is 1.38. The molecule has 1 unspecified atom stereocenters. The van der Waals surface area contributed by atoms with E-state index >= 15 is 0 Å². The maximum Gasteiger partial charge on any atom is 0.227 e. The molecule has 6 nitrogen and oxygen atoms in total. The normalized spacial score (nSPS) is 31.1. The Morgan fingerprint density at radius 2 is 2.11 bits per heavy atom. The summed E-state index contributed by atoms with van der Waals surface area (Å²) in [5, 5.41) is 20.7. The lowest BCUT2D eigenvalue weighted by Crippen LogP contribution is -2.49. The Morgan fingerprint density at radius 3 is 2.81 bits per heavy atom. The van der Waals surface area contributed by atoms with Gasteiger partial charge in [-0.1, -0.05) is 11.6 Å². The van der Waals surface area contributed by atoms with Crippen LogP contribution in [0.5, 0.6) is 0 Å². The first-order valence-corrected chi connectivity index (χ1v) is 10.2. The van der Waals surface area contributed by atoms with E-state index in [1.54, 1.807) is 0 Å². The third-order valence-electron chi connectivity index (χ3n) is 7.01. The highest BCUT2D eigenvalue weighted by molar-refractivity contribution is 6.31. The second-order valence-corrected chi connectivity index (χ2v) is 8.84. The summed E-state index contributed by atoms with van der Waals surface area (Å²) < 4.78 is 2.00. The summed E-state index contributed by atoms with van der Waals surface area (Å²) >= 11 is 6.25. The monoisotopic (exact) mass is 388 g/mol. The number of hydrogen-bond acceptors (Lipinski definition) is 4. The summed E-state index contributed by atoms with van der Waals surface area (Å²) in [5.74, 6) is 0.672. The lowest BCUT2D eigenvalue weighted by atomic mass is 9.75. The zero-order valence-electron chi connectivity index (χ0n) is 15.5. The van der Waals surface area contributed by atoms with Crippen LogP contribution in [0.2, 0.25) is 5.02 Å². The fraction of sp³-hybridized carbons (Fsp3) is 0.600. The molecule has 0 aliphatic carbocycles. The van der Waals surface area contributed by atoms with Gasteiger partial charge in [0.1, 0.15) is 6.10 Å². The molecule has 3 aliphatic rings. The molecular formula is C20H25ClN4O2. The van der Waals surface area contributed by atoms with Crippen LogP contribution in [0, 0.1) is 11.8 Å². The van der Waals surface area contributed by atoms with Crippen LogP contribution in [0.4, 0.5) is 0 Å². The largest absolute Gasteiger partial charge is 0.386 e. The Labute approximate surface area is 163 Å². The molecule has 1 aromatic carbocycles. The van der Waals surface area contributed by atoms with Crippen LogP contribution in [0.15, 0.2) is 18.3 Å². The van der Waals surface area contributed by atoms with Crippen LogP contribution < -0.4 is 5.32 Å². The number of likely N-dealkylation sites (tertiary alicyclic amines) is 1. The lowest BCUT2D eigenvalue weighted by molar-refractivity contribution is -0.137. The quantitative estimate of drug-likeness (QED) is 0.828. The van der Waals surface area contributed by atoms with Crippen molar-refractivity contribution in [3.8, 4) is 0 Å². The number of carbonyl (C=O) groups excluding carboxylic acids is 1. The number of benzene rings is 1. The van der Waals surface area contributed by atoms with Gasteiger partial charge in [-0.2, -0.15) is 5.10 Å². The lowest BCUT2D eigenvalue weighted by Gasteiger charge is -2.43. The molecule has 2 N–H and O–H groups in total. The second kappa shape index (κ2) is 6.19. The third-order valence-corrected chi connectivity index (χ3v) is 7.22. The number of nitrogens with one attached hydrogen (secondary N) is 1. The minimum Gasteiger partial charge on any atom is -0.386 e. The molecule has 5 rings (SSSR count). The van der Waals surface area contributed by atoms with E-state index in [-0.39, 0.29) is 17.7 Å². The standard InChI is InChI=1S/C20H25ClN4O2/c1-20(14-3-6-24(7-4-14)19(27)12-2-5-22-10-12)18(26)16-9-15(21)8-13-11-23-25(20)17(13)16/h8-9,11-12,14,18,22,26H,2-7,10H2,1H3/t12-,18-,20?/m1/s1. The van der Waals surface area contributed by atoms with Gasteiger partial charge in [-0.05, 0) is 50.8 Å². The number of aliphatic hydroxyl groups is 1. The minimum absolute atomic E-state index is 0.131. The van der Waals surface area contributed by atoms with Crippen molar-refractivity contribution in [2.24, 2.45) is 11.8 Å². The molecule has 0 saturated carbocycles. The highest BCUT2D eigenvalue weighted by Crippen LogP contribution is 2.51. The molecule has 0 spiro atoms. The molecule has 1 aromatic heterocycles. The average molecular weight is 389 g/mol. The van der Waals surface area contributed by atoms with Gasteiger partial charge in [0.15, 0.2) is 0 Å². The van der Waals surface area contributed by atoms with Gasteiger partial charge in [0, 0.05) is 35.6 Å². The zero-order chi connectivity index (χ0) is 18.8. The van der Waals surface area contributed by atoms with Crippen molar-refractivity contribution in [2.75, 3.05) is 26.2 Å². The van der Waals surface area contributed by atoms with Gasteiger partial charge < -0.3 is 15.3 Å². The number of aromatic nitrogens is 2. The van der Waals surface area contributed by atoms with Crippen molar-refractivity contribution < 1.29 is 9.90 Å². The third kappa shape index (κ3) is 2.46. The van der Waals surface area contributed by atoms with Crippen LogP contribution >= 0.6 is 11.6 Å². The van der Waals surface area contributed by atoms with Gasteiger partial charge in [0.25, 0.3) is 0 Å². The Hall–Kier alpha value is -1.63.